The average Bonchev–Trinajstić information content (AvgIpc) is 2.59. The standard InChI is InChI=1S/C10H17NO3/c1-13-5-2-6-14-10(12)8-3-4-9(11)7-8/h3-4,8-9H,2,5-7,11H2,1H3. The van der Waals surface area contributed by atoms with Gasteiger partial charge in [-0.25, -0.2) is 0 Å². The van der Waals surface area contributed by atoms with Crippen LogP contribution < -0.4 is 5.73 Å². The first-order valence-electron chi connectivity index (χ1n) is 4.83. The fourth-order valence-electron chi connectivity index (χ4n) is 1.39. The van der Waals surface area contributed by atoms with Crippen molar-refractivity contribution in [1.82, 2.24) is 0 Å². The molecule has 0 aliphatic heterocycles. The Morgan fingerprint density at radius 3 is 2.86 bits per heavy atom. The van der Waals surface area contributed by atoms with E-state index in [1.54, 1.807) is 7.11 Å². The fourth-order valence-corrected chi connectivity index (χ4v) is 1.39. The molecule has 0 saturated heterocycles. The molecule has 80 valence electrons. The molecule has 0 aromatic rings. The average molecular weight is 199 g/mol. The Labute approximate surface area is 84.1 Å². The lowest BCUT2D eigenvalue weighted by atomic mass is 10.1. The lowest BCUT2D eigenvalue weighted by Gasteiger charge is -2.09. The molecule has 1 aliphatic rings. The van der Waals surface area contributed by atoms with Crippen LogP contribution in [0.1, 0.15) is 12.8 Å². The van der Waals surface area contributed by atoms with Gasteiger partial charge in [0.25, 0.3) is 0 Å². The van der Waals surface area contributed by atoms with Crippen LogP contribution in [0.4, 0.5) is 0 Å². The van der Waals surface area contributed by atoms with Gasteiger partial charge >= 0.3 is 5.97 Å². The first kappa shape index (κ1) is 11.2. The molecule has 2 atom stereocenters. The summed E-state index contributed by atoms with van der Waals surface area (Å²) in [5.41, 5.74) is 5.62. The molecule has 0 spiro atoms. The Morgan fingerprint density at radius 2 is 2.29 bits per heavy atom. The van der Waals surface area contributed by atoms with Crippen LogP contribution >= 0.6 is 0 Å². The smallest absolute Gasteiger partial charge is 0.312 e. The summed E-state index contributed by atoms with van der Waals surface area (Å²) in [5, 5.41) is 0. The largest absolute Gasteiger partial charge is 0.465 e. The summed E-state index contributed by atoms with van der Waals surface area (Å²) in [6.45, 7) is 1.04. The number of hydrogen-bond acceptors (Lipinski definition) is 4. The second kappa shape index (κ2) is 5.78. The van der Waals surface area contributed by atoms with Gasteiger partial charge < -0.3 is 15.2 Å². The highest BCUT2D eigenvalue weighted by atomic mass is 16.5. The van der Waals surface area contributed by atoms with E-state index in [1.165, 1.54) is 0 Å². The van der Waals surface area contributed by atoms with Crippen LogP contribution in [0.25, 0.3) is 0 Å². The number of ether oxygens (including phenoxy) is 2. The van der Waals surface area contributed by atoms with E-state index in [1.807, 2.05) is 12.2 Å². The lowest BCUT2D eigenvalue weighted by molar-refractivity contribution is -0.147. The monoisotopic (exact) mass is 199 g/mol. The van der Waals surface area contributed by atoms with Crippen molar-refractivity contribution < 1.29 is 14.3 Å². The maximum atomic E-state index is 11.4. The Morgan fingerprint density at radius 1 is 1.50 bits per heavy atom. The molecule has 0 amide bonds. The Hall–Kier alpha value is -0.870. The molecule has 2 N–H and O–H groups in total. The van der Waals surface area contributed by atoms with Crippen LogP contribution in [-0.4, -0.2) is 32.3 Å². The van der Waals surface area contributed by atoms with Crippen molar-refractivity contribution in [2.45, 2.75) is 18.9 Å². The van der Waals surface area contributed by atoms with Gasteiger partial charge in [-0.05, 0) is 6.42 Å². The molecule has 0 radical (unpaired) electrons. The Kier molecular flexibility index (Phi) is 4.62. The highest BCUT2D eigenvalue weighted by molar-refractivity contribution is 5.75. The van der Waals surface area contributed by atoms with E-state index >= 15 is 0 Å². The normalized spacial score (nSPS) is 25.3. The number of carbonyl (C=O) groups excluding carboxylic acids is 1. The SMILES string of the molecule is COCCCOC(=O)C1C=CC(N)C1. The molecule has 4 nitrogen and oxygen atoms in total. The molecular formula is C10H17NO3. The predicted molar refractivity (Wildman–Crippen MR) is 52.7 cm³/mol. The van der Waals surface area contributed by atoms with Gasteiger partial charge in [-0.3, -0.25) is 4.79 Å². The third-order valence-corrected chi connectivity index (χ3v) is 2.16. The summed E-state index contributed by atoms with van der Waals surface area (Å²) in [6.07, 6.45) is 5.08. The maximum Gasteiger partial charge on any atom is 0.312 e. The number of methoxy groups -OCH3 is 1. The maximum absolute atomic E-state index is 11.4. The Balaban J connectivity index is 2.13. The third-order valence-electron chi connectivity index (χ3n) is 2.16. The van der Waals surface area contributed by atoms with Gasteiger partial charge in [0, 0.05) is 26.2 Å². The van der Waals surface area contributed by atoms with Crippen molar-refractivity contribution in [3.05, 3.63) is 12.2 Å². The van der Waals surface area contributed by atoms with Crippen molar-refractivity contribution in [2.75, 3.05) is 20.3 Å². The summed E-state index contributed by atoms with van der Waals surface area (Å²) in [7, 11) is 1.63. The van der Waals surface area contributed by atoms with E-state index in [9.17, 15) is 4.79 Å². The predicted octanol–water partition coefficient (Wildman–Crippen LogP) is 0.469. The quantitative estimate of drug-likeness (QED) is 0.397. The van der Waals surface area contributed by atoms with E-state index in [0.717, 1.165) is 6.42 Å². The zero-order valence-electron chi connectivity index (χ0n) is 8.44. The summed E-state index contributed by atoms with van der Waals surface area (Å²) in [6, 6.07) is 0.00604. The van der Waals surface area contributed by atoms with Crippen molar-refractivity contribution >= 4 is 5.97 Å². The molecular weight excluding hydrogens is 182 g/mol. The van der Waals surface area contributed by atoms with Crippen LogP contribution in [0, 0.1) is 5.92 Å². The minimum Gasteiger partial charge on any atom is -0.465 e. The van der Waals surface area contributed by atoms with Gasteiger partial charge in [-0.15, -0.1) is 0 Å². The number of esters is 1. The summed E-state index contributed by atoms with van der Waals surface area (Å²) in [4.78, 5) is 11.4. The molecule has 0 heterocycles. The van der Waals surface area contributed by atoms with Gasteiger partial charge in [0.2, 0.25) is 0 Å². The van der Waals surface area contributed by atoms with E-state index in [4.69, 9.17) is 15.2 Å². The molecule has 1 rings (SSSR count). The number of carbonyl (C=O) groups is 1. The van der Waals surface area contributed by atoms with Gasteiger partial charge in [-0.1, -0.05) is 12.2 Å². The van der Waals surface area contributed by atoms with E-state index in [0.29, 0.717) is 19.6 Å². The molecule has 1 aliphatic carbocycles. The van der Waals surface area contributed by atoms with Gasteiger partial charge in [0.05, 0.1) is 12.5 Å². The number of rotatable bonds is 5. The van der Waals surface area contributed by atoms with Crippen molar-refractivity contribution in [2.24, 2.45) is 11.7 Å². The zero-order chi connectivity index (χ0) is 10.4. The van der Waals surface area contributed by atoms with E-state index in [-0.39, 0.29) is 17.9 Å². The van der Waals surface area contributed by atoms with Gasteiger partial charge in [0.1, 0.15) is 0 Å². The highest BCUT2D eigenvalue weighted by Gasteiger charge is 2.23. The summed E-state index contributed by atoms with van der Waals surface area (Å²) in [5.74, 6) is -0.321. The molecule has 14 heavy (non-hydrogen) atoms. The molecule has 0 fully saturated rings. The second-order valence-electron chi connectivity index (χ2n) is 3.40. The zero-order valence-corrected chi connectivity index (χ0v) is 8.44. The third kappa shape index (κ3) is 3.47. The van der Waals surface area contributed by atoms with Gasteiger partial charge in [-0.2, -0.15) is 0 Å². The number of hydrogen-bond donors (Lipinski definition) is 1. The fraction of sp³-hybridized carbons (Fsp3) is 0.700. The number of nitrogens with two attached hydrogens (primary N) is 1. The lowest BCUT2D eigenvalue weighted by Crippen LogP contribution is -2.21. The molecule has 2 unspecified atom stereocenters. The topological polar surface area (TPSA) is 61.5 Å². The molecule has 4 heteroatoms. The first-order valence-corrected chi connectivity index (χ1v) is 4.83. The van der Waals surface area contributed by atoms with Crippen LogP contribution in [0.3, 0.4) is 0 Å². The molecule has 0 saturated carbocycles. The van der Waals surface area contributed by atoms with Crippen LogP contribution in [-0.2, 0) is 14.3 Å². The summed E-state index contributed by atoms with van der Waals surface area (Å²) >= 11 is 0. The van der Waals surface area contributed by atoms with Crippen LogP contribution in [0.2, 0.25) is 0 Å². The van der Waals surface area contributed by atoms with Crippen LogP contribution in [0.5, 0.6) is 0 Å². The van der Waals surface area contributed by atoms with Gasteiger partial charge in [0.15, 0.2) is 0 Å². The molecule has 0 bridgehead atoms. The molecule has 0 aromatic heterocycles. The molecule has 0 aromatic carbocycles. The van der Waals surface area contributed by atoms with Crippen LogP contribution in [0.15, 0.2) is 12.2 Å². The van der Waals surface area contributed by atoms with Crippen molar-refractivity contribution in [3.63, 3.8) is 0 Å². The van der Waals surface area contributed by atoms with E-state index in [2.05, 4.69) is 0 Å². The minimum absolute atomic E-state index is 0.00604. The highest BCUT2D eigenvalue weighted by Crippen LogP contribution is 2.17. The van der Waals surface area contributed by atoms with E-state index < -0.39 is 0 Å². The van der Waals surface area contributed by atoms with Crippen molar-refractivity contribution in [3.8, 4) is 0 Å². The van der Waals surface area contributed by atoms with Crippen molar-refractivity contribution in [1.29, 1.82) is 0 Å². The summed E-state index contributed by atoms with van der Waals surface area (Å²) < 4.78 is 9.89. The second-order valence-corrected chi connectivity index (χ2v) is 3.40. The minimum atomic E-state index is -0.176. The first-order chi connectivity index (χ1) is 6.74. The Bertz CT molecular complexity index is 215.